The van der Waals surface area contributed by atoms with E-state index in [-0.39, 0.29) is 4.34 Å². The molecule has 0 aliphatic heterocycles. The number of nitrogens with zero attached hydrogens (tertiary/aromatic N) is 3. The Kier molecular flexibility index (Phi) is 3.65. The van der Waals surface area contributed by atoms with E-state index in [2.05, 4.69) is 16.7 Å². The van der Waals surface area contributed by atoms with Gasteiger partial charge in [-0.05, 0) is 12.5 Å². The Morgan fingerprint density at radius 3 is 2.84 bits per heavy atom. The van der Waals surface area contributed by atoms with Gasteiger partial charge in [-0.2, -0.15) is 0 Å². The monoisotopic (exact) mass is 296 g/mol. The van der Waals surface area contributed by atoms with E-state index in [1.165, 1.54) is 4.52 Å². The van der Waals surface area contributed by atoms with Gasteiger partial charge in [0.05, 0.1) is 11.9 Å². The average molecular weight is 296 g/mol. The summed E-state index contributed by atoms with van der Waals surface area (Å²) in [6.45, 7) is 5.48. The number of aromatic nitrogens is 3. The van der Waals surface area contributed by atoms with E-state index in [4.69, 9.17) is 5.14 Å². The summed E-state index contributed by atoms with van der Waals surface area (Å²) < 4.78 is 23.6. The summed E-state index contributed by atoms with van der Waals surface area (Å²) in [5, 5.41) is 8.89. The molecule has 0 aliphatic rings. The highest BCUT2D eigenvalue weighted by Gasteiger charge is 2.16. The third-order valence-corrected chi connectivity index (χ3v) is 4.50. The Morgan fingerprint density at radius 2 is 2.26 bits per heavy atom. The zero-order chi connectivity index (χ0) is 14.0. The van der Waals surface area contributed by atoms with Crippen LogP contribution in [-0.2, 0) is 10.0 Å². The summed E-state index contributed by atoms with van der Waals surface area (Å²) in [5.41, 5.74) is 1.67. The molecule has 0 saturated carbocycles. The molecule has 2 aromatic heterocycles. The molecule has 0 atom stereocenters. The zero-order valence-corrected chi connectivity index (χ0v) is 11.8. The predicted molar refractivity (Wildman–Crippen MR) is 75.2 cm³/mol. The first-order valence-electron chi connectivity index (χ1n) is 5.27. The molecular formula is C11H12N4O2S2. The minimum Gasteiger partial charge on any atom is -0.223 e. The van der Waals surface area contributed by atoms with Gasteiger partial charge in [0.1, 0.15) is 0 Å². The summed E-state index contributed by atoms with van der Waals surface area (Å²) in [7, 11) is -3.78. The predicted octanol–water partition coefficient (Wildman–Crippen LogP) is 1.58. The van der Waals surface area contributed by atoms with Crippen molar-refractivity contribution in [3.63, 3.8) is 0 Å². The van der Waals surface area contributed by atoms with E-state index in [1.807, 2.05) is 19.1 Å². The smallest absolute Gasteiger partial charge is 0.223 e. The topological polar surface area (TPSA) is 90.4 Å². The number of nitrogens with two attached hydrogens (primary N) is 1. The van der Waals surface area contributed by atoms with Crippen molar-refractivity contribution in [2.45, 2.75) is 11.3 Å². The van der Waals surface area contributed by atoms with Crippen LogP contribution in [0.2, 0.25) is 0 Å². The minimum absolute atomic E-state index is 0.144. The van der Waals surface area contributed by atoms with Gasteiger partial charge in [-0.3, -0.25) is 0 Å². The van der Waals surface area contributed by atoms with Crippen LogP contribution in [0.5, 0.6) is 0 Å². The van der Waals surface area contributed by atoms with E-state index in [0.717, 1.165) is 22.6 Å². The summed E-state index contributed by atoms with van der Waals surface area (Å²) in [6.07, 6.45) is 8.87. The Morgan fingerprint density at radius 1 is 1.53 bits per heavy atom. The standard InChI is InChI=1S/C11H12N4O2S2/c1-3-4-5-6-8(2)9-7-15-10(13-9)18-11(14-15)19(12,16)17/h3-7H,1H2,2H3,(H2,12,16,17)/b5-4-,8-6+. The van der Waals surface area contributed by atoms with Crippen molar-refractivity contribution >= 4 is 31.9 Å². The lowest BCUT2D eigenvalue weighted by molar-refractivity contribution is 0.595. The van der Waals surface area contributed by atoms with Crippen molar-refractivity contribution in [1.82, 2.24) is 14.6 Å². The highest BCUT2D eigenvalue weighted by Crippen LogP contribution is 2.21. The zero-order valence-electron chi connectivity index (χ0n) is 10.1. The second-order valence-corrected chi connectivity index (χ2v) is 6.43. The number of sulfonamides is 1. The highest BCUT2D eigenvalue weighted by molar-refractivity contribution is 7.91. The summed E-state index contributed by atoms with van der Waals surface area (Å²) in [6, 6.07) is 0. The maximum atomic E-state index is 11.1. The molecule has 0 fully saturated rings. The van der Waals surface area contributed by atoms with Crippen LogP contribution in [0.1, 0.15) is 12.6 Å². The number of primary sulfonamides is 1. The number of allylic oxidation sites excluding steroid dienone is 5. The molecule has 0 unspecified atom stereocenters. The molecule has 0 spiro atoms. The second kappa shape index (κ2) is 5.08. The van der Waals surface area contributed by atoms with Crippen LogP contribution < -0.4 is 5.14 Å². The van der Waals surface area contributed by atoms with Crippen LogP contribution in [0, 0.1) is 0 Å². The van der Waals surface area contributed by atoms with Gasteiger partial charge >= 0.3 is 0 Å². The molecule has 2 heterocycles. The average Bonchev–Trinajstić information content (AvgIpc) is 2.85. The fraction of sp³-hybridized carbons (Fsp3) is 0.0909. The van der Waals surface area contributed by atoms with Gasteiger partial charge in [0, 0.05) is 0 Å². The number of hydrogen-bond donors (Lipinski definition) is 1. The molecule has 0 bridgehead atoms. The third kappa shape index (κ3) is 2.98. The summed E-state index contributed by atoms with van der Waals surface area (Å²) >= 11 is 0.937. The van der Waals surface area contributed by atoms with Crippen molar-refractivity contribution in [2.75, 3.05) is 0 Å². The summed E-state index contributed by atoms with van der Waals surface area (Å²) in [5.74, 6) is 0. The van der Waals surface area contributed by atoms with Crippen molar-refractivity contribution in [2.24, 2.45) is 5.14 Å². The molecule has 2 N–H and O–H groups in total. The maximum absolute atomic E-state index is 11.1. The Bertz CT molecular complexity index is 749. The van der Waals surface area contributed by atoms with Crippen LogP contribution in [-0.4, -0.2) is 23.0 Å². The van der Waals surface area contributed by atoms with Gasteiger partial charge in [0.15, 0.2) is 0 Å². The number of rotatable bonds is 4. The normalized spacial score (nSPS) is 13.5. The first kappa shape index (κ1) is 13.7. The van der Waals surface area contributed by atoms with Crippen molar-refractivity contribution < 1.29 is 8.42 Å². The van der Waals surface area contributed by atoms with Crippen LogP contribution in [0.4, 0.5) is 0 Å². The largest absolute Gasteiger partial charge is 0.267 e. The van der Waals surface area contributed by atoms with Crippen molar-refractivity contribution in [3.8, 4) is 0 Å². The molecule has 8 heteroatoms. The summed E-state index contributed by atoms with van der Waals surface area (Å²) in [4.78, 5) is 4.78. The first-order chi connectivity index (χ1) is 8.91. The van der Waals surface area contributed by atoms with E-state index in [0.29, 0.717) is 4.96 Å². The number of fused-ring (bicyclic) bond motifs is 1. The molecule has 2 rings (SSSR count). The molecule has 19 heavy (non-hydrogen) atoms. The first-order valence-corrected chi connectivity index (χ1v) is 7.63. The van der Waals surface area contributed by atoms with E-state index >= 15 is 0 Å². The fourth-order valence-corrected chi connectivity index (χ4v) is 2.86. The fourth-order valence-electron chi connectivity index (χ4n) is 1.35. The quantitative estimate of drug-likeness (QED) is 0.867. The molecule has 0 aliphatic carbocycles. The molecule has 6 nitrogen and oxygen atoms in total. The van der Waals surface area contributed by atoms with Crippen molar-refractivity contribution in [1.29, 1.82) is 0 Å². The van der Waals surface area contributed by atoms with Gasteiger partial charge in [0.2, 0.25) is 9.30 Å². The number of hydrogen-bond acceptors (Lipinski definition) is 5. The van der Waals surface area contributed by atoms with Crippen LogP contribution in [0.15, 0.2) is 41.4 Å². The van der Waals surface area contributed by atoms with E-state index < -0.39 is 10.0 Å². The highest BCUT2D eigenvalue weighted by atomic mass is 32.2. The van der Waals surface area contributed by atoms with Crippen molar-refractivity contribution in [3.05, 3.63) is 42.8 Å². The van der Waals surface area contributed by atoms with Gasteiger partial charge < -0.3 is 0 Å². The van der Waals surface area contributed by atoms with Gasteiger partial charge in [-0.25, -0.2) is 23.1 Å². The van der Waals surface area contributed by atoms with Gasteiger partial charge in [0.25, 0.3) is 10.0 Å². The Hall–Kier alpha value is -1.77. The molecular weight excluding hydrogens is 284 g/mol. The second-order valence-electron chi connectivity index (χ2n) is 3.74. The minimum atomic E-state index is -3.78. The molecule has 2 aromatic rings. The van der Waals surface area contributed by atoms with Crippen LogP contribution >= 0.6 is 11.3 Å². The molecule has 100 valence electrons. The lowest BCUT2D eigenvalue weighted by atomic mass is 10.2. The van der Waals surface area contributed by atoms with E-state index in [1.54, 1.807) is 18.3 Å². The van der Waals surface area contributed by atoms with Crippen LogP contribution in [0.25, 0.3) is 10.5 Å². The van der Waals surface area contributed by atoms with E-state index in [9.17, 15) is 8.42 Å². The molecule has 0 saturated heterocycles. The molecule has 0 radical (unpaired) electrons. The van der Waals surface area contributed by atoms with Gasteiger partial charge in [-0.1, -0.05) is 42.2 Å². The van der Waals surface area contributed by atoms with Crippen LogP contribution in [0.3, 0.4) is 0 Å². The Labute approximate surface area is 114 Å². The Balaban J connectivity index is 2.39. The lowest BCUT2D eigenvalue weighted by Crippen LogP contribution is -2.12. The molecule has 0 amide bonds. The number of imidazole rings is 1. The SMILES string of the molecule is C=C/C=C\C=C(/C)c1cn2nc(S(N)(=O)=O)sc2n1. The third-order valence-electron chi connectivity index (χ3n) is 2.27. The lowest BCUT2D eigenvalue weighted by Gasteiger charge is -1.91. The van der Waals surface area contributed by atoms with Gasteiger partial charge in [-0.15, -0.1) is 5.10 Å². The molecule has 0 aromatic carbocycles. The maximum Gasteiger partial charge on any atom is 0.267 e.